The molecule has 4 nitrogen and oxygen atoms in total. The standard InChI is InChI=1S/C12H13NO3/c1-3-7-10-8(13-11(7)12(14)15)5-4-6-9(10)16-2/h4-6,13H,3H2,1-2H3,(H,14,15). The number of H-pyrrole nitrogens is 1. The first-order valence-electron chi connectivity index (χ1n) is 5.09. The number of carboxylic acid groups (broad SMARTS) is 1. The van der Waals surface area contributed by atoms with Gasteiger partial charge in [-0.1, -0.05) is 13.0 Å². The molecule has 0 radical (unpaired) electrons. The van der Waals surface area contributed by atoms with Crippen molar-refractivity contribution >= 4 is 16.9 Å². The van der Waals surface area contributed by atoms with Crippen LogP contribution >= 0.6 is 0 Å². The minimum Gasteiger partial charge on any atom is -0.496 e. The second-order valence-corrected chi connectivity index (χ2v) is 3.52. The zero-order valence-electron chi connectivity index (χ0n) is 9.20. The maximum atomic E-state index is 11.1. The number of rotatable bonds is 3. The lowest BCUT2D eigenvalue weighted by Gasteiger charge is -2.03. The van der Waals surface area contributed by atoms with Crippen LogP contribution in [0.4, 0.5) is 0 Å². The minimum atomic E-state index is -0.935. The van der Waals surface area contributed by atoms with E-state index in [2.05, 4.69) is 4.98 Å². The quantitative estimate of drug-likeness (QED) is 0.833. The summed E-state index contributed by atoms with van der Waals surface area (Å²) in [6, 6.07) is 5.52. The van der Waals surface area contributed by atoms with E-state index in [4.69, 9.17) is 9.84 Å². The predicted octanol–water partition coefficient (Wildman–Crippen LogP) is 2.44. The molecule has 1 aromatic carbocycles. The van der Waals surface area contributed by atoms with Crippen molar-refractivity contribution < 1.29 is 14.6 Å². The fourth-order valence-corrected chi connectivity index (χ4v) is 1.99. The Balaban J connectivity index is 2.83. The van der Waals surface area contributed by atoms with Gasteiger partial charge in [-0.3, -0.25) is 0 Å². The fourth-order valence-electron chi connectivity index (χ4n) is 1.99. The van der Waals surface area contributed by atoms with Gasteiger partial charge in [0.25, 0.3) is 0 Å². The number of carbonyl (C=O) groups is 1. The molecule has 0 saturated heterocycles. The Morgan fingerprint density at radius 3 is 2.81 bits per heavy atom. The van der Waals surface area contributed by atoms with Crippen LogP contribution in [0.2, 0.25) is 0 Å². The maximum absolute atomic E-state index is 11.1. The number of aromatic carboxylic acids is 1. The van der Waals surface area contributed by atoms with Crippen LogP contribution in [0, 0.1) is 0 Å². The van der Waals surface area contributed by atoms with Crippen LogP contribution in [-0.4, -0.2) is 23.2 Å². The summed E-state index contributed by atoms with van der Waals surface area (Å²) < 4.78 is 5.25. The Morgan fingerprint density at radius 2 is 2.25 bits per heavy atom. The Morgan fingerprint density at radius 1 is 1.50 bits per heavy atom. The van der Waals surface area contributed by atoms with E-state index in [0.717, 1.165) is 16.5 Å². The lowest BCUT2D eigenvalue weighted by atomic mass is 10.1. The number of fused-ring (bicyclic) bond motifs is 1. The molecule has 0 unspecified atom stereocenters. The largest absolute Gasteiger partial charge is 0.496 e. The smallest absolute Gasteiger partial charge is 0.352 e. The van der Waals surface area contributed by atoms with Crippen molar-refractivity contribution in [1.82, 2.24) is 4.98 Å². The molecular weight excluding hydrogens is 206 g/mol. The molecule has 16 heavy (non-hydrogen) atoms. The number of ether oxygens (including phenoxy) is 1. The molecule has 2 N–H and O–H groups in total. The van der Waals surface area contributed by atoms with Crippen molar-refractivity contribution in [2.24, 2.45) is 0 Å². The van der Waals surface area contributed by atoms with E-state index >= 15 is 0 Å². The Labute approximate surface area is 92.9 Å². The number of benzene rings is 1. The van der Waals surface area contributed by atoms with E-state index in [1.54, 1.807) is 7.11 Å². The highest BCUT2D eigenvalue weighted by Gasteiger charge is 2.17. The van der Waals surface area contributed by atoms with Gasteiger partial charge in [0.1, 0.15) is 11.4 Å². The van der Waals surface area contributed by atoms with Crippen molar-refractivity contribution in [2.75, 3.05) is 7.11 Å². The molecule has 0 saturated carbocycles. The van der Waals surface area contributed by atoms with E-state index < -0.39 is 5.97 Å². The number of hydrogen-bond acceptors (Lipinski definition) is 2. The van der Waals surface area contributed by atoms with Gasteiger partial charge in [-0.2, -0.15) is 0 Å². The van der Waals surface area contributed by atoms with E-state index in [0.29, 0.717) is 12.2 Å². The summed E-state index contributed by atoms with van der Waals surface area (Å²) in [4.78, 5) is 14.0. The number of methoxy groups -OCH3 is 1. The van der Waals surface area contributed by atoms with Gasteiger partial charge in [0, 0.05) is 5.39 Å². The van der Waals surface area contributed by atoms with Crippen molar-refractivity contribution in [3.63, 3.8) is 0 Å². The van der Waals surface area contributed by atoms with Gasteiger partial charge in [0.2, 0.25) is 0 Å². The lowest BCUT2D eigenvalue weighted by Crippen LogP contribution is -2.00. The number of nitrogens with one attached hydrogen (secondary N) is 1. The zero-order valence-corrected chi connectivity index (χ0v) is 9.20. The average Bonchev–Trinajstić information content (AvgIpc) is 2.67. The molecule has 0 aliphatic rings. The summed E-state index contributed by atoms with van der Waals surface area (Å²) in [5.41, 5.74) is 1.84. The monoisotopic (exact) mass is 219 g/mol. The van der Waals surface area contributed by atoms with Crippen LogP contribution in [0.25, 0.3) is 10.9 Å². The molecule has 2 rings (SSSR count). The summed E-state index contributed by atoms with van der Waals surface area (Å²) in [5.74, 6) is -0.229. The van der Waals surface area contributed by atoms with Gasteiger partial charge < -0.3 is 14.8 Å². The molecular formula is C12H13NO3. The number of hydrogen-bond donors (Lipinski definition) is 2. The van der Waals surface area contributed by atoms with Crippen LogP contribution < -0.4 is 4.74 Å². The number of aromatic amines is 1. The van der Waals surface area contributed by atoms with E-state index in [1.165, 1.54) is 0 Å². The van der Waals surface area contributed by atoms with E-state index in [9.17, 15) is 4.79 Å². The summed E-state index contributed by atoms with van der Waals surface area (Å²) >= 11 is 0. The van der Waals surface area contributed by atoms with Crippen LogP contribution in [0.3, 0.4) is 0 Å². The Hall–Kier alpha value is -1.97. The molecule has 0 fully saturated rings. The van der Waals surface area contributed by atoms with Crippen molar-refractivity contribution in [1.29, 1.82) is 0 Å². The third-order valence-corrected chi connectivity index (χ3v) is 2.68. The first-order chi connectivity index (χ1) is 7.69. The molecule has 84 valence electrons. The molecule has 2 aromatic rings. The zero-order chi connectivity index (χ0) is 11.7. The molecule has 4 heteroatoms. The molecule has 0 spiro atoms. The van der Waals surface area contributed by atoms with Crippen molar-refractivity contribution in [3.05, 3.63) is 29.5 Å². The Bertz CT molecular complexity index is 542. The van der Waals surface area contributed by atoms with Crippen molar-refractivity contribution in [2.45, 2.75) is 13.3 Å². The molecule has 0 aliphatic carbocycles. The number of carboxylic acids is 1. The van der Waals surface area contributed by atoms with Gasteiger partial charge in [0.05, 0.1) is 12.6 Å². The number of aromatic nitrogens is 1. The second kappa shape index (κ2) is 3.89. The molecule has 0 amide bonds. The molecule has 0 bridgehead atoms. The van der Waals surface area contributed by atoms with Crippen molar-refractivity contribution in [3.8, 4) is 5.75 Å². The van der Waals surface area contributed by atoms with Crippen LogP contribution in [0.15, 0.2) is 18.2 Å². The lowest BCUT2D eigenvalue weighted by molar-refractivity contribution is 0.0690. The third-order valence-electron chi connectivity index (χ3n) is 2.68. The first-order valence-corrected chi connectivity index (χ1v) is 5.09. The SMILES string of the molecule is CCc1c(C(=O)O)[nH]c2cccc(OC)c12. The maximum Gasteiger partial charge on any atom is 0.352 e. The third kappa shape index (κ3) is 1.43. The molecule has 1 aromatic heterocycles. The summed E-state index contributed by atoms with van der Waals surface area (Å²) in [7, 11) is 1.58. The molecule has 0 aliphatic heterocycles. The highest BCUT2D eigenvalue weighted by atomic mass is 16.5. The predicted molar refractivity (Wildman–Crippen MR) is 61.2 cm³/mol. The minimum absolute atomic E-state index is 0.252. The van der Waals surface area contributed by atoms with Gasteiger partial charge in [-0.05, 0) is 24.1 Å². The Kier molecular flexibility index (Phi) is 2.56. The summed E-state index contributed by atoms with van der Waals surface area (Å²) in [6.45, 7) is 1.93. The highest BCUT2D eigenvalue weighted by Crippen LogP contribution is 2.31. The highest BCUT2D eigenvalue weighted by molar-refractivity contribution is 6.00. The van der Waals surface area contributed by atoms with Gasteiger partial charge >= 0.3 is 5.97 Å². The van der Waals surface area contributed by atoms with Crippen LogP contribution in [-0.2, 0) is 6.42 Å². The van der Waals surface area contributed by atoms with E-state index in [1.807, 2.05) is 25.1 Å². The summed E-state index contributed by atoms with van der Waals surface area (Å²) in [5, 5.41) is 9.95. The van der Waals surface area contributed by atoms with E-state index in [-0.39, 0.29) is 5.69 Å². The van der Waals surface area contributed by atoms with Crippen LogP contribution in [0.5, 0.6) is 5.75 Å². The topological polar surface area (TPSA) is 62.3 Å². The fraction of sp³-hybridized carbons (Fsp3) is 0.250. The van der Waals surface area contributed by atoms with Gasteiger partial charge in [0.15, 0.2) is 0 Å². The van der Waals surface area contributed by atoms with Gasteiger partial charge in [-0.25, -0.2) is 4.79 Å². The number of aryl methyl sites for hydroxylation is 1. The molecule has 1 heterocycles. The summed E-state index contributed by atoms with van der Waals surface area (Å²) in [6.07, 6.45) is 0.655. The first kappa shape index (κ1) is 10.5. The average molecular weight is 219 g/mol. The second-order valence-electron chi connectivity index (χ2n) is 3.52. The van der Waals surface area contributed by atoms with Crippen LogP contribution in [0.1, 0.15) is 23.0 Å². The molecule has 0 atom stereocenters. The van der Waals surface area contributed by atoms with Gasteiger partial charge in [-0.15, -0.1) is 0 Å². The normalized spacial score (nSPS) is 10.6.